The molecule has 7 heteroatoms. The molecule has 2 aromatic rings. The summed E-state index contributed by atoms with van der Waals surface area (Å²) in [6.07, 6.45) is 2.80. The fourth-order valence-corrected chi connectivity index (χ4v) is 1.68. The molecule has 0 radical (unpaired) electrons. The van der Waals surface area contributed by atoms with Gasteiger partial charge in [-0.2, -0.15) is 15.1 Å². The van der Waals surface area contributed by atoms with Gasteiger partial charge in [0.25, 0.3) is 0 Å². The van der Waals surface area contributed by atoms with Gasteiger partial charge in [-0.25, -0.2) is 0 Å². The molecule has 0 spiro atoms. The molecule has 0 amide bonds. The van der Waals surface area contributed by atoms with Crippen molar-refractivity contribution in [3.8, 4) is 0 Å². The molecule has 2 heterocycles. The third-order valence-electron chi connectivity index (χ3n) is 2.61. The number of aromatic amines is 1. The maximum Gasteiger partial charge on any atom is 0.226 e. The molecule has 0 aliphatic rings. The highest BCUT2D eigenvalue weighted by molar-refractivity contribution is 5.86. The Bertz CT molecular complexity index is 505. The minimum absolute atomic E-state index is 0.585. The highest BCUT2D eigenvalue weighted by Gasteiger charge is 2.08. The van der Waals surface area contributed by atoms with Gasteiger partial charge in [0.15, 0.2) is 5.65 Å². The minimum Gasteiger partial charge on any atom is -0.369 e. The fraction of sp³-hybridized carbons (Fsp3) is 0.545. The Hall–Kier alpha value is -1.89. The van der Waals surface area contributed by atoms with Crippen molar-refractivity contribution in [2.24, 2.45) is 0 Å². The number of rotatable bonds is 6. The molecular formula is C11H19N7. The zero-order valence-corrected chi connectivity index (χ0v) is 11.0. The van der Waals surface area contributed by atoms with Crippen LogP contribution in [0.4, 0.5) is 11.8 Å². The first-order valence-corrected chi connectivity index (χ1v) is 5.98. The summed E-state index contributed by atoms with van der Waals surface area (Å²) < 4.78 is 0. The number of nitrogens with zero attached hydrogens (tertiary/aromatic N) is 4. The molecule has 0 atom stereocenters. The Morgan fingerprint density at radius 2 is 2.17 bits per heavy atom. The van der Waals surface area contributed by atoms with Gasteiger partial charge in [-0.1, -0.05) is 0 Å². The van der Waals surface area contributed by atoms with Crippen molar-refractivity contribution in [1.82, 2.24) is 25.1 Å². The molecule has 2 rings (SSSR count). The molecule has 0 aliphatic heterocycles. The number of fused-ring (bicyclic) bond motifs is 1. The van der Waals surface area contributed by atoms with Crippen LogP contribution < -0.4 is 10.6 Å². The molecule has 0 saturated carbocycles. The van der Waals surface area contributed by atoms with E-state index in [1.807, 2.05) is 0 Å². The van der Waals surface area contributed by atoms with Gasteiger partial charge < -0.3 is 15.5 Å². The Morgan fingerprint density at radius 3 is 2.89 bits per heavy atom. The lowest BCUT2D eigenvalue weighted by Gasteiger charge is -2.11. The van der Waals surface area contributed by atoms with Crippen LogP contribution in [0.2, 0.25) is 0 Å². The Kier molecular flexibility index (Phi) is 3.93. The van der Waals surface area contributed by atoms with Crippen molar-refractivity contribution in [2.75, 3.05) is 44.9 Å². The summed E-state index contributed by atoms with van der Waals surface area (Å²) in [7, 11) is 5.93. The molecule has 18 heavy (non-hydrogen) atoms. The average molecular weight is 249 g/mol. The van der Waals surface area contributed by atoms with Crippen molar-refractivity contribution in [3.05, 3.63) is 6.20 Å². The largest absolute Gasteiger partial charge is 0.369 e. The zero-order valence-electron chi connectivity index (χ0n) is 11.0. The summed E-state index contributed by atoms with van der Waals surface area (Å²) in [6.45, 7) is 1.92. The highest BCUT2D eigenvalue weighted by atomic mass is 15.2. The van der Waals surface area contributed by atoms with Gasteiger partial charge in [-0.15, -0.1) is 0 Å². The Morgan fingerprint density at radius 1 is 1.33 bits per heavy atom. The SMILES string of the molecule is CNc1nc(NCCCN(C)C)c2cn[nH]c2n1. The van der Waals surface area contributed by atoms with Gasteiger partial charge in [-0.3, -0.25) is 5.10 Å². The van der Waals surface area contributed by atoms with Gasteiger partial charge in [0.2, 0.25) is 5.95 Å². The second kappa shape index (κ2) is 5.63. The Labute approximate surface area is 106 Å². The van der Waals surface area contributed by atoms with Crippen LogP contribution in [0.3, 0.4) is 0 Å². The van der Waals surface area contributed by atoms with Gasteiger partial charge in [0.05, 0.1) is 11.6 Å². The third kappa shape index (κ3) is 2.86. The molecule has 0 saturated heterocycles. The molecule has 0 aromatic carbocycles. The smallest absolute Gasteiger partial charge is 0.226 e. The Balaban J connectivity index is 2.08. The lowest BCUT2D eigenvalue weighted by Crippen LogP contribution is -2.17. The van der Waals surface area contributed by atoms with E-state index >= 15 is 0 Å². The molecule has 2 aromatic heterocycles. The van der Waals surface area contributed by atoms with E-state index in [9.17, 15) is 0 Å². The van der Waals surface area contributed by atoms with E-state index in [-0.39, 0.29) is 0 Å². The second-order valence-electron chi connectivity index (χ2n) is 4.36. The number of H-pyrrole nitrogens is 1. The van der Waals surface area contributed by atoms with Crippen LogP contribution in [0.1, 0.15) is 6.42 Å². The molecule has 98 valence electrons. The van der Waals surface area contributed by atoms with Crippen molar-refractivity contribution in [3.63, 3.8) is 0 Å². The maximum absolute atomic E-state index is 4.40. The van der Waals surface area contributed by atoms with Gasteiger partial charge in [0, 0.05) is 13.6 Å². The van der Waals surface area contributed by atoms with E-state index in [1.165, 1.54) is 0 Å². The molecular weight excluding hydrogens is 230 g/mol. The first kappa shape index (κ1) is 12.6. The number of aromatic nitrogens is 4. The fourth-order valence-electron chi connectivity index (χ4n) is 1.68. The van der Waals surface area contributed by atoms with E-state index < -0.39 is 0 Å². The standard InChI is InChI=1S/C11H19N7/c1-12-11-15-9(13-5-4-6-18(2)3)8-7-14-17-10(8)16-11/h7H,4-6H2,1-3H3,(H3,12,13,14,15,16,17). The quantitative estimate of drug-likeness (QED) is 0.656. The lowest BCUT2D eigenvalue weighted by molar-refractivity contribution is 0.405. The van der Waals surface area contributed by atoms with E-state index in [0.29, 0.717) is 5.95 Å². The second-order valence-corrected chi connectivity index (χ2v) is 4.36. The highest BCUT2D eigenvalue weighted by Crippen LogP contribution is 2.19. The van der Waals surface area contributed by atoms with E-state index in [4.69, 9.17) is 0 Å². The first-order valence-electron chi connectivity index (χ1n) is 5.98. The predicted molar refractivity (Wildman–Crippen MR) is 72.9 cm³/mol. The van der Waals surface area contributed by atoms with E-state index in [1.54, 1.807) is 13.2 Å². The summed E-state index contributed by atoms with van der Waals surface area (Å²) in [5.74, 6) is 1.40. The van der Waals surface area contributed by atoms with Crippen LogP contribution in [-0.2, 0) is 0 Å². The summed E-state index contributed by atoms with van der Waals surface area (Å²) in [4.78, 5) is 10.8. The third-order valence-corrected chi connectivity index (χ3v) is 2.61. The topological polar surface area (TPSA) is 81.8 Å². The lowest BCUT2D eigenvalue weighted by atomic mass is 10.3. The van der Waals surface area contributed by atoms with Crippen molar-refractivity contribution in [2.45, 2.75) is 6.42 Å². The van der Waals surface area contributed by atoms with Crippen LogP contribution in [0.25, 0.3) is 11.0 Å². The molecule has 0 aliphatic carbocycles. The van der Waals surface area contributed by atoms with Crippen molar-refractivity contribution >= 4 is 22.8 Å². The van der Waals surface area contributed by atoms with Crippen molar-refractivity contribution in [1.29, 1.82) is 0 Å². The number of hydrogen-bond donors (Lipinski definition) is 3. The van der Waals surface area contributed by atoms with E-state index in [0.717, 1.165) is 36.4 Å². The van der Waals surface area contributed by atoms with Crippen LogP contribution in [0.15, 0.2) is 6.20 Å². The molecule has 7 nitrogen and oxygen atoms in total. The van der Waals surface area contributed by atoms with Gasteiger partial charge in [-0.05, 0) is 27.1 Å². The minimum atomic E-state index is 0.585. The summed E-state index contributed by atoms with van der Waals surface area (Å²) in [5.41, 5.74) is 0.740. The molecule has 0 bridgehead atoms. The van der Waals surface area contributed by atoms with Crippen LogP contribution >= 0.6 is 0 Å². The van der Waals surface area contributed by atoms with Crippen LogP contribution in [0, 0.1) is 0 Å². The monoisotopic (exact) mass is 249 g/mol. The van der Waals surface area contributed by atoms with Crippen LogP contribution in [-0.4, -0.2) is 59.3 Å². The normalized spacial score (nSPS) is 11.1. The van der Waals surface area contributed by atoms with E-state index in [2.05, 4.69) is 49.8 Å². The van der Waals surface area contributed by atoms with Crippen LogP contribution in [0.5, 0.6) is 0 Å². The average Bonchev–Trinajstić information content (AvgIpc) is 2.82. The summed E-state index contributed by atoms with van der Waals surface area (Å²) >= 11 is 0. The maximum atomic E-state index is 4.40. The molecule has 0 fully saturated rings. The zero-order chi connectivity index (χ0) is 13.0. The molecule has 3 N–H and O–H groups in total. The first-order chi connectivity index (χ1) is 8.70. The predicted octanol–water partition coefficient (Wildman–Crippen LogP) is 0.758. The molecule has 0 unspecified atom stereocenters. The van der Waals surface area contributed by atoms with Gasteiger partial charge >= 0.3 is 0 Å². The summed E-state index contributed by atoms with van der Waals surface area (Å²) in [5, 5.41) is 14.0. The van der Waals surface area contributed by atoms with Gasteiger partial charge in [0.1, 0.15) is 5.82 Å². The number of hydrogen-bond acceptors (Lipinski definition) is 6. The summed E-state index contributed by atoms with van der Waals surface area (Å²) in [6, 6.07) is 0. The number of anilines is 2. The number of nitrogens with one attached hydrogen (secondary N) is 3. The van der Waals surface area contributed by atoms with Crippen molar-refractivity contribution < 1.29 is 0 Å².